The van der Waals surface area contributed by atoms with Gasteiger partial charge in [-0.3, -0.25) is 19.5 Å². The Bertz CT molecular complexity index is 1570. The predicted octanol–water partition coefficient (Wildman–Crippen LogP) is 3.66. The number of allylic oxidation sites excluding steroid dienone is 1. The van der Waals surface area contributed by atoms with Crippen LogP contribution < -0.4 is 19.6 Å². The van der Waals surface area contributed by atoms with Crippen LogP contribution in [-0.4, -0.2) is 28.7 Å². The second kappa shape index (κ2) is 11.2. The van der Waals surface area contributed by atoms with Crippen LogP contribution in [0.25, 0.3) is 6.08 Å². The number of nitrogens with zero attached hydrogens (tertiary/aromatic N) is 3. The van der Waals surface area contributed by atoms with Crippen molar-refractivity contribution in [3.8, 4) is 5.75 Å². The number of ether oxygens (including phenoxy) is 2. The van der Waals surface area contributed by atoms with Gasteiger partial charge in [0.25, 0.3) is 11.2 Å². The van der Waals surface area contributed by atoms with Crippen LogP contribution in [0.3, 0.4) is 0 Å². The van der Waals surface area contributed by atoms with Crippen molar-refractivity contribution in [2.75, 3.05) is 13.2 Å². The third-order valence-corrected chi connectivity index (χ3v) is 6.65. The fourth-order valence-electron chi connectivity index (χ4n) is 3.99. The van der Waals surface area contributed by atoms with Gasteiger partial charge in [-0.15, -0.1) is 0 Å². The summed E-state index contributed by atoms with van der Waals surface area (Å²) in [5.41, 5.74) is 1.09. The first kappa shape index (κ1) is 25.8. The molecule has 3 aromatic rings. The largest absolute Gasteiger partial charge is 0.494 e. The summed E-state index contributed by atoms with van der Waals surface area (Å²) in [4.78, 5) is 42.7. The van der Waals surface area contributed by atoms with Crippen molar-refractivity contribution in [3.63, 3.8) is 0 Å². The molecule has 0 aliphatic carbocycles. The molecule has 1 aromatic heterocycles. The summed E-state index contributed by atoms with van der Waals surface area (Å²) in [6.07, 6.45) is 3.81. The van der Waals surface area contributed by atoms with E-state index in [1.54, 1.807) is 49.4 Å². The number of carbonyl (C=O) groups excluding carboxylic acids is 1. The molecule has 0 saturated carbocycles. The molecule has 1 unspecified atom stereocenters. The molecule has 2 heterocycles. The fraction of sp³-hybridized carbons (Fsp3) is 0.222. The van der Waals surface area contributed by atoms with Gasteiger partial charge in [-0.2, -0.15) is 0 Å². The van der Waals surface area contributed by atoms with E-state index in [4.69, 9.17) is 9.47 Å². The number of carbonyl (C=O) groups is 1. The highest BCUT2D eigenvalue weighted by atomic mass is 32.1. The lowest BCUT2D eigenvalue weighted by molar-refractivity contribution is -0.385. The number of aromatic nitrogens is 1. The molecule has 0 amide bonds. The smallest absolute Gasteiger partial charge is 0.338 e. The second-order valence-electron chi connectivity index (χ2n) is 8.20. The summed E-state index contributed by atoms with van der Waals surface area (Å²) < 4.78 is 12.7. The van der Waals surface area contributed by atoms with Gasteiger partial charge in [-0.25, -0.2) is 9.79 Å². The highest BCUT2D eigenvalue weighted by Gasteiger charge is 2.33. The zero-order valence-corrected chi connectivity index (χ0v) is 21.2. The topological polar surface area (TPSA) is 113 Å². The molecule has 10 heteroatoms. The van der Waals surface area contributed by atoms with E-state index in [-0.39, 0.29) is 22.4 Å². The van der Waals surface area contributed by atoms with Gasteiger partial charge in [-0.1, -0.05) is 55.2 Å². The molecule has 9 nitrogen and oxygen atoms in total. The van der Waals surface area contributed by atoms with E-state index < -0.39 is 22.5 Å². The maximum absolute atomic E-state index is 13.7. The van der Waals surface area contributed by atoms with Crippen molar-refractivity contribution in [1.82, 2.24) is 4.57 Å². The van der Waals surface area contributed by atoms with Crippen LogP contribution >= 0.6 is 11.3 Å². The summed E-state index contributed by atoms with van der Waals surface area (Å²) in [5, 5.41) is 11.5. The quantitative estimate of drug-likeness (QED) is 0.185. The molecule has 0 bridgehead atoms. The van der Waals surface area contributed by atoms with E-state index in [1.165, 1.54) is 22.8 Å². The second-order valence-corrected chi connectivity index (χ2v) is 9.21. The number of benzene rings is 2. The molecular weight excluding hydrogens is 494 g/mol. The van der Waals surface area contributed by atoms with E-state index in [1.807, 2.05) is 6.92 Å². The average Bonchev–Trinajstić information content (AvgIpc) is 3.19. The molecule has 4 rings (SSSR count). The SMILES string of the molecule is C=CCOC(=O)C1=C(C)N=c2s/c(=C\c3ccccc3[N+](=O)[O-])c(=O)n2C1c1ccc(OCCC)cc1. The van der Waals surface area contributed by atoms with Gasteiger partial charge in [-0.05, 0) is 43.2 Å². The van der Waals surface area contributed by atoms with Crippen LogP contribution in [0, 0.1) is 10.1 Å². The van der Waals surface area contributed by atoms with Crippen LogP contribution in [0.4, 0.5) is 5.69 Å². The lowest BCUT2D eigenvalue weighted by atomic mass is 9.96. The number of nitro benzene ring substituents is 1. The Balaban J connectivity index is 1.90. The summed E-state index contributed by atoms with van der Waals surface area (Å²) in [6, 6.07) is 12.6. The van der Waals surface area contributed by atoms with Crippen LogP contribution in [0.5, 0.6) is 5.75 Å². The molecular formula is C27H25N3O6S. The Morgan fingerprint density at radius 3 is 2.65 bits per heavy atom. The molecule has 1 aliphatic rings. The molecule has 37 heavy (non-hydrogen) atoms. The van der Waals surface area contributed by atoms with Crippen LogP contribution in [-0.2, 0) is 9.53 Å². The maximum atomic E-state index is 13.7. The van der Waals surface area contributed by atoms with Crippen molar-refractivity contribution in [1.29, 1.82) is 0 Å². The summed E-state index contributed by atoms with van der Waals surface area (Å²) >= 11 is 1.10. The van der Waals surface area contributed by atoms with Gasteiger partial charge in [0.2, 0.25) is 0 Å². The molecule has 1 atom stereocenters. The van der Waals surface area contributed by atoms with Crippen molar-refractivity contribution in [2.45, 2.75) is 26.3 Å². The zero-order valence-electron chi connectivity index (χ0n) is 20.4. The minimum Gasteiger partial charge on any atom is -0.494 e. The Kier molecular flexibility index (Phi) is 7.78. The molecule has 0 radical (unpaired) electrons. The first-order chi connectivity index (χ1) is 17.8. The Morgan fingerprint density at radius 2 is 1.97 bits per heavy atom. The van der Waals surface area contributed by atoms with Gasteiger partial charge in [0.15, 0.2) is 4.80 Å². The van der Waals surface area contributed by atoms with Gasteiger partial charge in [0, 0.05) is 6.07 Å². The third kappa shape index (κ3) is 5.29. The number of para-hydroxylation sites is 1. The number of thiazole rings is 1. The molecule has 2 aromatic carbocycles. The molecule has 0 saturated heterocycles. The van der Waals surface area contributed by atoms with E-state index in [2.05, 4.69) is 11.6 Å². The van der Waals surface area contributed by atoms with Gasteiger partial charge in [0.1, 0.15) is 12.4 Å². The van der Waals surface area contributed by atoms with Crippen molar-refractivity contribution in [3.05, 3.63) is 113 Å². The summed E-state index contributed by atoms with van der Waals surface area (Å²) in [6.45, 7) is 7.86. The number of hydrogen-bond donors (Lipinski definition) is 0. The van der Waals surface area contributed by atoms with E-state index >= 15 is 0 Å². The van der Waals surface area contributed by atoms with Crippen LogP contribution in [0.1, 0.15) is 37.4 Å². The monoisotopic (exact) mass is 519 g/mol. The number of nitro groups is 1. The number of rotatable bonds is 9. The number of hydrogen-bond acceptors (Lipinski definition) is 8. The molecule has 0 N–H and O–H groups in total. The molecule has 0 spiro atoms. The first-order valence-electron chi connectivity index (χ1n) is 11.6. The van der Waals surface area contributed by atoms with Crippen LogP contribution in [0.2, 0.25) is 0 Å². The van der Waals surface area contributed by atoms with Crippen molar-refractivity contribution < 1.29 is 19.2 Å². The van der Waals surface area contributed by atoms with Gasteiger partial charge >= 0.3 is 5.97 Å². The average molecular weight is 520 g/mol. The lowest BCUT2D eigenvalue weighted by Crippen LogP contribution is -2.39. The van der Waals surface area contributed by atoms with E-state index in [9.17, 15) is 19.7 Å². The highest BCUT2D eigenvalue weighted by Crippen LogP contribution is 2.31. The zero-order chi connectivity index (χ0) is 26.5. The van der Waals surface area contributed by atoms with Gasteiger partial charge < -0.3 is 9.47 Å². The Hall–Kier alpha value is -4.31. The molecule has 190 valence electrons. The Labute approximate surface area is 216 Å². The first-order valence-corrected chi connectivity index (χ1v) is 12.4. The van der Waals surface area contributed by atoms with Crippen molar-refractivity contribution in [2.24, 2.45) is 4.99 Å². The minimum absolute atomic E-state index is 0.00816. The van der Waals surface area contributed by atoms with Gasteiger partial charge in [0.05, 0.1) is 38.9 Å². The number of fused-ring (bicyclic) bond motifs is 1. The Morgan fingerprint density at radius 1 is 1.24 bits per heavy atom. The third-order valence-electron chi connectivity index (χ3n) is 5.66. The fourth-order valence-corrected chi connectivity index (χ4v) is 5.03. The summed E-state index contributed by atoms with van der Waals surface area (Å²) in [5.74, 6) is 0.0660. The molecule has 0 fully saturated rings. The van der Waals surface area contributed by atoms with Crippen LogP contribution in [0.15, 0.2) is 82.2 Å². The lowest BCUT2D eigenvalue weighted by Gasteiger charge is -2.24. The van der Waals surface area contributed by atoms with E-state index in [0.717, 1.165) is 17.8 Å². The predicted molar refractivity (Wildman–Crippen MR) is 140 cm³/mol. The normalized spacial score (nSPS) is 15.1. The van der Waals surface area contributed by atoms with E-state index in [0.29, 0.717) is 34.0 Å². The standard InChI is InChI=1S/C27H25N3O6S/c1-4-14-35-20-12-10-18(11-13-20)24-23(26(32)36-15-5-2)17(3)28-27-29(24)25(31)22(37-27)16-19-8-6-7-9-21(19)30(33)34/h5-13,16,24H,2,4,14-15H2,1,3H3/b22-16-. The number of esters is 1. The maximum Gasteiger partial charge on any atom is 0.338 e. The highest BCUT2D eigenvalue weighted by molar-refractivity contribution is 7.07. The van der Waals surface area contributed by atoms with Crippen molar-refractivity contribution >= 4 is 29.1 Å². The minimum atomic E-state index is -0.804. The summed E-state index contributed by atoms with van der Waals surface area (Å²) in [7, 11) is 0. The molecule has 1 aliphatic heterocycles.